The highest BCUT2D eigenvalue weighted by Gasteiger charge is 2.11. The summed E-state index contributed by atoms with van der Waals surface area (Å²) in [6, 6.07) is 8.85. The molecule has 0 saturated heterocycles. The number of furan rings is 1. The zero-order valence-corrected chi connectivity index (χ0v) is 10.0. The maximum atomic E-state index is 11.4. The van der Waals surface area contributed by atoms with E-state index < -0.39 is 0 Å². The van der Waals surface area contributed by atoms with Crippen LogP contribution in [0.3, 0.4) is 0 Å². The number of esters is 1. The third kappa shape index (κ3) is 2.68. The average molecular weight is 251 g/mol. The van der Waals surface area contributed by atoms with Gasteiger partial charge in [0.15, 0.2) is 0 Å². The molecule has 0 unspecified atom stereocenters. The molecule has 2 rings (SSSR count). The van der Waals surface area contributed by atoms with E-state index in [4.69, 9.17) is 20.8 Å². The summed E-state index contributed by atoms with van der Waals surface area (Å²) < 4.78 is 10.2. The molecule has 17 heavy (non-hydrogen) atoms. The van der Waals surface area contributed by atoms with Gasteiger partial charge in [0.2, 0.25) is 0 Å². The van der Waals surface area contributed by atoms with Gasteiger partial charge in [-0.05, 0) is 37.3 Å². The van der Waals surface area contributed by atoms with Gasteiger partial charge in [-0.3, -0.25) is 0 Å². The highest BCUT2D eigenvalue weighted by molar-refractivity contribution is 6.30. The molecule has 3 nitrogen and oxygen atoms in total. The molecular formula is C13H11ClO3. The maximum absolute atomic E-state index is 11.4. The number of carbonyl (C=O) groups excluding carboxylic acids is 1. The molecule has 0 saturated carbocycles. The van der Waals surface area contributed by atoms with Crippen molar-refractivity contribution in [3.8, 4) is 11.3 Å². The van der Waals surface area contributed by atoms with Gasteiger partial charge in [-0.25, -0.2) is 4.79 Å². The van der Waals surface area contributed by atoms with Crippen LogP contribution in [0.25, 0.3) is 11.3 Å². The quantitative estimate of drug-likeness (QED) is 0.779. The summed E-state index contributed by atoms with van der Waals surface area (Å²) >= 11 is 5.79. The SMILES string of the molecule is CCOC(=O)c1coc(-c2ccc(Cl)cc2)c1. The van der Waals surface area contributed by atoms with E-state index in [1.165, 1.54) is 6.26 Å². The molecule has 1 heterocycles. The van der Waals surface area contributed by atoms with E-state index in [-0.39, 0.29) is 5.97 Å². The fraction of sp³-hybridized carbons (Fsp3) is 0.154. The van der Waals surface area contributed by atoms with E-state index in [1.54, 1.807) is 25.1 Å². The summed E-state index contributed by atoms with van der Waals surface area (Å²) in [4.78, 5) is 11.4. The first kappa shape index (κ1) is 11.7. The molecule has 4 heteroatoms. The second-order valence-electron chi connectivity index (χ2n) is 3.43. The highest BCUT2D eigenvalue weighted by atomic mass is 35.5. The first-order valence-electron chi connectivity index (χ1n) is 5.22. The Morgan fingerprint density at radius 1 is 1.35 bits per heavy atom. The zero-order chi connectivity index (χ0) is 12.3. The Bertz CT molecular complexity index is 514. The van der Waals surface area contributed by atoms with E-state index in [1.807, 2.05) is 12.1 Å². The molecule has 0 spiro atoms. The lowest BCUT2D eigenvalue weighted by molar-refractivity contribution is 0.0525. The molecule has 0 atom stereocenters. The van der Waals surface area contributed by atoms with Gasteiger partial charge in [0.05, 0.1) is 12.2 Å². The van der Waals surface area contributed by atoms with E-state index >= 15 is 0 Å². The Labute approximate surface area is 104 Å². The van der Waals surface area contributed by atoms with Crippen LogP contribution in [0.1, 0.15) is 17.3 Å². The van der Waals surface area contributed by atoms with Crippen LogP contribution in [0.15, 0.2) is 41.0 Å². The van der Waals surface area contributed by atoms with Crippen molar-refractivity contribution in [2.75, 3.05) is 6.61 Å². The average Bonchev–Trinajstić information content (AvgIpc) is 2.80. The molecule has 0 bridgehead atoms. The van der Waals surface area contributed by atoms with Crippen molar-refractivity contribution in [3.63, 3.8) is 0 Å². The number of benzene rings is 1. The number of ether oxygens (including phenoxy) is 1. The third-order valence-corrected chi connectivity index (χ3v) is 2.49. The van der Waals surface area contributed by atoms with Crippen LogP contribution in [0.4, 0.5) is 0 Å². The van der Waals surface area contributed by atoms with Crippen LogP contribution in [0, 0.1) is 0 Å². The lowest BCUT2D eigenvalue weighted by Crippen LogP contribution is -2.02. The molecule has 0 amide bonds. The Hall–Kier alpha value is -1.74. The van der Waals surface area contributed by atoms with Crippen molar-refractivity contribution in [1.82, 2.24) is 0 Å². The second kappa shape index (κ2) is 5.06. The normalized spacial score (nSPS) is 10.2. The van der Waals surface area contributed by atoms with E-state index in [2.05, 4.69) is 0 Å². The number of hydrogen-bond donors (Lipinski definition) is 0. The summed E-state index contributed by atoms with van der Waals surface area (Å²) in [5.74, 6) is 0.237. The van der Waals surface area contributed by atoms with Gasteiger partial charge in [0.25, 0.3) is 0 Å². The minimum absolute atomic E-state index is 0.348. The molecular weight excluding hydrogens is 240 g/mol. The molecule has 1 aromatic carbocycles. The minimum atomic E-state index is -0.378. The van der Waals surface area contributed by atoms with Crippen LogP contribution < -0.4 is 0 Å². The monoisotopic (exact) mass is 250 g/mol. The van der Waals surface area contributed by atoms with Gasteiger partial charge in [0.1, 0.15) is 12.0 Å². The fourth-order valence-corrected chi connectivity index (χ4v) is 1.55. The number of rotatable bonds is 3. The molecule has 0 N–H and O–H groups in total. The third-order valence-electron chi connectivity index (χ3n) is 2.24. The van der Waals surface area contributed by atoms with Gasteiger partial charge < -0.3 is 9.15 Å². The predicted octanol–water partition coefficient (Wildman–Crippen LogP) is 3.78. The van der Waals surface area contributed by atoms with E-state index in [0.29, 0.717) is 23.0 Å². The van der Waals surface area contributed by atoms with Crippen LogP contribution in [-0.4, -0.2) is 12.6 Å². The molecule has 2 aromatic rings. The van der Waals surface area contributed by atoms with Crippen molar-refractivity contribution in [1.29, 1.82) is 0 Å². The van der Waals surface area contributed by atoms with Crippen LogP contribution in [0.2, 0.25) is 5.02 Å². The van der Waals surface area contributed by atoms with Crippen molar-refractivity contribution < 1.29 is 13.9 Å². The fourth-order valence-electron chi connectivity index (χ4n) is 1.42. The molecule has 0 aliphatic carbocycles. The molecule has 0 radical (unpaired) electrons. The van der Waals surface area contributed by atoms with Gasteiger partial charge in [0, 0.05) is 10.6 Å². The first-order chi connectivity index (χ1) is 8.20. The zero-order valence-electron chi connectivity index (χ0n) is 9.27. The summed E-state index contributed by atoms with van der Waals surface area (Å²) in [6.45, 7) is 2.11. The predicted molar refractivity (Wildman–Crippen MR) is 65.1 cm³/mol. The molecule has 1 aromatic heterocycles. The lowest BCUT2D eigenvalue weighted by atomic mass is 10.1. The van der Waals surface area contributed by atoms with Gasteiger partial charge in [-0.15, -0.1) is 0 Å². The maximum Gasteiger partial charge on any atom is 0.341 e. The number of hydrogen-bond acceptors (Lipinski definition) is 3. The topological polar surface area (TPSA) is 39.4 Å². The van der Waals surface area contributed by atoms with Crippen LogP contribution in [-0.2, 0) is 4.74 Å². The van der Waals surface area contributed by atoms with Crippen molar-refractivity contribution in [2.24, 2.45) is 0 Å². The minimum Gasteiger partial charge on any atom is -0.463 e. The number of carbonyl (C=O) groups is 1. The van der Waals surface area contributed by atoms with Gasteiger partial charge >= 0.3 is 5.97 Å². The Balaban J connectivity index is 2.23. The molecule has 0 aliphatic heterocycles. The van der Waals surface area contributed by atoms with Crippen LogP contribution >= 0.6 is 11.6 Å². The smallest absolute Gasteiger partial charge is 0.341 e. The Morgan fingerprint density at radius 2 is 2.06 bits per heavy atom. The van der Waals surface area contributed by atoms with Crippen molar-refractivity contribution >= 4 is 17.6 Å². The Kier molecular flexibility index (Phi) is 3.49. The van der Waals surface area contributed by atoms with E-state index in [0.717, 1.165) is 5.56 Å². The van der Waals surface area contributed by atoms with Crippen molar-refractivity contribution in [3.05, 3.63) is 47.2 Å². The summed E-state index contributed by atoms with van der Waals surface area (Å²) in [5, 5.41) is 0.658. The van der Waals surface area contributed by atoms with E-state index in [9.17, 15) is 4.79 Å². The molecule has 88 valence electrons. The lowest BCUT2D eigenvalue weighted by Gasteiger charge is -1.96. The van der Waals surface area contributed by atoms with Crippen molar-refractivity contribution in [2.45, 2.75) is 6.92 Å². The Morgan fingerprint density at radius 3 is 2.71 bits per heavy atom. The molecule has 0 aliphatic rings. The van der Waals surface area contributed by atoms with Crippen LogP contribution in [0.5, 0.6) is 0 Å². The van der Waals surface area contributed by atoms with Gasteiger partial charge in [-0.2, -0.15) is 0 Å². The summed E-state index contributed by atoms with van der Waals surface area (Å²) in [5.41, 5.74) is 1.28. The first-order valence-corrected chi connectivity index (χ1v) is 5.60. The van der Waals surface area contributed by atoms with Gasteiger partial charge in [-0.1, -0.05) is 11.6 Å². The second-order valence-corrected chi connectivity index (χ2v) is 3.86. The standard InChI is InChI=1S/C13H11ClO3/c1-2-16-13(15)10-7-12(17-8-10)9-3-5-11(14)6-4-9/h3-8H,2H2,1H3. The number of halogens is 1. The summed E-state index contributed by atoms with van der Waals surface area (Å²) in [6.07, 6.45) is 1.39. The molecule has 0 fully saturated rings. The highest BCUT2D eigenvalue weighted by Crippen LogP contribution is 2.24. The largest absolute Gasteiger partial charge is 0.463 e. The summed E-state index contributed by atoms with van der Waals surface area (Å²) in [7, 11) is 0.